The largest absolute Gasteiger partial charge is 0.463 e. The fourth-order valence-corrected chi connectivity index (χ4v) is 2.63. The second kappa shape index (κ2) is 6.78. The highest BCUT2D eigenvalue weighted by atomic mass is 16.3. The average molecular weight is 343 g/mol. The van der Waals surface area contributed by atoms with Gasteiger partial charge in [-0.1, -0.05) is 0 Å². The Morgan fingerprint density at radius 2 is 1.88 bits per heavy atom. The van der Waals surface area contributed by atoms with Crippen molar-refractivity contribution in [3.63, 3.8) is 0 Å². The Bertz CT molecular complexity index is 1000. The molecule has 1 aromatic carbocycles. The number of nitrogens with one attached hydrogen (secondary N) is 4. The number of carbonyl (C=O) groups is 1. The topological polar surface area (TPSA) is 112 Å². The number of amides is 1. The molecule has 0 saturated heterocycles. The molecule has 0 unspecified atom stereocenters. The molecule has 1 atom stereocenters. The van der Waals surface area contributed by atoms with Gasteiger partial charge in [-0.25, -0.2) is 0 Å². The zero-order chi connectivity index (χ0) is 18.0. The molecular formula is C17H19N4O4+. The summed E-state index contributed by atoms with van der Waals surface area (Å²) in [4.78, 5) is 41.2. The van der Waals surface area contributed by atoms with E-state index in [1.54, 1.807) is 18.4 Å². The fraction of sp³-hybridized carbons (Fsp3) is 0.235. The van der Waals surface area contributed by atoms with Crippen LogP contribution in [0, 0.1) is 0 Å². The van der Waals surface area contributed by atoms with E-state index in [4.69, 9.17) is 4.42 Å². The van der Waals surface area contributed by atoms with Crippen LogP contribution < -0.4 is 21.3 Å². The summed E-state index contributed by atoms with van der Waals surface area (Å²) in [6.07, 6.45) is 1.60. The summed E-state index contributed by atoms with van der Waals surface area (Å²) in [6, 6.07) is 8.38. The highest BCUT2D eigenvalue weighted by Gasteiger charge is 2.21. The Labute approximate surface area is 142 Å². The van der Waals surface area contributed by atoms with Crippen molar-refractivity contribution in [2.24, 2.45) is 0 Å². The van der Waals surface area contributed by atoms with Gasteiger partial charge in [0.2, 0.25) is 0 Å². The third-order valence-corrected chi connectivity index (χ3v) is 4.03. The number of hydrogen-bond acceptors (Lipinski definition) is 4. The van der Waals surface area contributed by atoms with Gasteiger partial charge in [0.15, 0.2) is 11.8 Å². The van der Waals surface area contributed by atoms with E-state index in [9.17, 15) is 14.4 Å². The van der Waals surface area contributed by atoms with Crippen LogP contribution in [0.15, 0.2) is 50.6 Å². The molecule has 8 heteroatoms. The lowest BCUT2D eigenvalue weighted by Crippen LogP contribution is -3.07. The van der Waals surface area contributed by atoms with Crippen LogP contribution in [0.25, 0.3) is 11.0 Å². The monoisotopic (exact) mass is 343 g/mol. The van der Waals surface area contributed by atoms with E-state index in [0.29, 0.717) is 23.1 Å². The van der Waals surface area contributed by atoms with Crippen LogP contribution in [-0.4, -0.2) is 36.5 Å². The highest BCUT2D eigenvalue weighted by Crippen LogP contribution is 2.11. The number of furan rings is 1. The van der Waals surface area contributed by atoms with Crippen LogP contribution in [0.5, 0.6) is 0 Å². The number of aromatic amines is 2. The summed E-state index contributed by atoms with van der Waals surface area (Å²) >= 11 is 0. The van der Waals surface area contributed by atoms with E-state index in [1.807, 2.05) is 26.2 Å². The normalized spacial score (nSPS) is 12.4. The molecule has 25 heavy (non-hydrogen) atoms. The number of hydrogen-bond donors (Lipinski definition) is 4. The van der Waals surface area contributed by atoms with Crippen LogP contribution in [0.2, 0.25) is 0 Å². The summed E-state index contributed by atoms with van der Waals surface area (Å²) in [5.41, 5.74) is -0.216. The van der Waals surface area contributed by atoms with Crippen LogP contribution in [0.4, 0.5) is 0 Å². The first-order chi connectivity index (χ1) is 12.0. The van der Waals surface area contributed by atoms with Gasteiger partial charge in [-0.3, -0.25) is 14.4 Å². The van der Waals surface area contributed by atoms with Crippen LogP contribution in [0.1, 0.15) is 22.2 Å². The molecule has 0 bridgehead atoms. The number of likely N-dealkylation sites (N-methyl/N-ethyl adjacent to an activating group) is 1. The number of rotatable bonds is 5. The first-order valence-electron chi connectivity index (χ1n) is 7.83. The minimum atomic E-state index is -0.751. The summed E-state index contributed by atoms with van der Waals surface area (Å²) in [7, 11) is 3.97. The number of benzene rings is 1. The van der Waals surface area contributed by atoms with E-state index in [-0.39, 0.29) is 11.9 Å². The molecule has 0 fully saturated rings. The van der Waals surface area contributed by atoms with Crippen molar-refractivity contribution in [1.29, 1.82) is 0 Å². The lowest BCUT2D eigenvalue weighted by atomic mass is 10.1. The maximum absolute atomic E-state index is 12.4. The van der Waals surface area contributed by atoms with E-state index >= 15 is 0 Å². The molecule has 0 aliphatic rings. The first-order valence-corrected chi connectivity index (χ1v) is 7.83. The first kappa shape index (κ1) is 16.7. The summed E-state index contributed by atoms with van der Waals surface area (Å²) in [6.45, 7) is 0.398. The second-order valence-corrected chi connectivity index (χ2v) is 6.02. The van der Waals surface area contributed by atoms with Gasteiger partial charge in [-0.15, -0.1) is 0 Å². The molecule has 2 aromatic heterocycles. The van der Waals surface area contributed by atoms with Crippen LogP contribution in [0.3, 0.4) is 0 Å². The quantitative estimate of drug-likeness (QED) is 0.465. The Kier molecular flexibility index (Phi) is 4.53. The van der Waals surface area contributed by atoms with Gasteiger partial charge in [-0.2, -0.15) is 0 Å². The van der Waals surface area contributed by atoms with Crippen molar-refractivity contribution >= 4 is 16.9 Å². The molecule has 130 valence electrons. The second-order valence-electron chi connectivity index (χ2n) is 6.02. The number of carbonyl (C=O) groups excluding carboxylic acids is 1. The Morgan fingerprint density at radius 1 is 1.16 bits per heavy atom. The number of aromatic nitrogens is 2. The molecule has 0 spiro atoms. The molecule has 3 rings (SSSR count). The van der Waals surface area contributed by atoms with Crippen LogP contribution >= 0.6 is 0 Å². The van der Waals surface area contributed by atoms with Gasteiger partial charge < -0.3 is 24.6 Å². The minimum absolute atomic E-state index is 0.0180. The lowest BCUT2D eigenvalue weighted by molar-refractivity contribution is -0.891. The Balaban J connectivity index is 1.79. The molecule has 2 heterocycles. The van der Waals surface area contributed by atoms with Crippen LogP contribution in [-0.2, 0) is 0 Å². The maximum Gasteiger partial charge on any atom is 0.314 e. The van der Waals surface area contributed by atoms with Crippen molar-refractivity contribution in [3.8, 4) is 0 Å². The van der Waals surface area contributed by atoms with Gasteiger partial charge in [0.25, 0.3) is 5.91 Å². The zero-order valence-electron chi connectivity index (χ0n) is 13.9. The summed E-state index contributed by atoms with van der Waals surface area (Å²) in [5.74, 6) is 0.521. The smallest absolute Gasteiger partial charge is 0.314 e. The van der Waals surface area contributed by atoms with Crippen molar-refractivity contribution in [2.75, 3.05) is 20.6 Å². The standard InChI is InChI=1S/C17H18N4O4/c1-21(2)13(14-4-3-7-25-14)9-18-15(22)10-5-6-11-12(8-10)20-17(24)16(23)19-11/h3-8,13H,9H2,1-2H3,(H,18,22)(H,19,23)(H,20,24)/p+1/t13-/m1/s1. The SMILES string of the molecule is C[NH+](C)[C@H](CNC(=O)c1ccc2[nH]c(=O)c(=O)[nH]c2c1)c1ccco1. The molecule has 1 amide bonds. The predicted molar refractivity (Wildman–Crippen MR) is 91.8 cm³/mol. The molecular weight excluding hydrogens is 324 g/mol. The third-order valence-electron chi connectivity index (χ3n) is 4.03. The molecule has 8 nitrogen and oxygen atoms in total. The molecule has 0 aliphatic carbocycles. The van der Waals surface area contributed by atoms with E-state index in [0.717, 1.165) is 10.7 Å². The van der Waals surface area contributed by atoms with Gasteiger partial charge in [-0.05, 0) is 30.3 Å². The van der Waals surface area contributed by atoms with E-state index in [2.05, 4.69) is 15.3 Å². The molecule has 3 aromatic rings. The number of quaternary nitrogens is 1. The van der Waals surface area contributed by atoms with Crippen molar-refractivity contribution in [2.45, 2.75) is 6.04 Å². The predicted octanol–water partition coefficient (Wildman–Crippen LogP) is -0.575. The molecule has 4 N–H and O–H groups in total. The van der Waals surface area contributed by atoms with E-state index in [1.165, 1.54) is 6.07 Å². The van der Waals surface area contributed by atoms with Gasteiger partial charge in [0.1, 0.15) is 0 Å². The molecule has 0 saturated carbocycles. The zero-order valence-corrected chi connectivity index (χ0v) is 13.9. The third kappa shape index (κ3) is 3.53. The van der Waals surface area contributed by atoms with Gasteiger partial charge >= 0.3 is 11.1 Å². The van der Waals surface area contributed by atoms with Gasteiger partial charge in [0, 0.05) is 5.56 Å². The number of fused-ring (bicyclic) bond motifs is 1. The van der Waals surface area contributed by atoms with Crippen molar-refractivity contribution in [3.05, 3.63) is 68.6 Å². The Hall–Kier alpha value is -3.13. The molecule has 0 aliphatic heterocycles. The fourth-order valence-electron chi connectivity index (χ4n) is 2.63. The minimum Gasteiger partial charge on any atom is -0.463 e. The average Bonchev–Trinajstić information content (AvgIpc) is 3.09. The van der Waals surface area contributed by atoms with Crippen molar-refractivity contribution < 1.29 is 14.1 Å². The Morgan fingerprint density at radius 3 is 2.52 bits per heavy atom. The summed E-state index contributed by atoms with van der Waals surface area (Å²) < 4.78 is 5.43. The molecule has 0 radical (unpaired) electrons. The van der Waals surface area contributed by atoms with E-state index < -0.39 is 11.1 Å². The number of H-pyrrole nitrogens is 2. The lowest BCUT2D eigenvalue weighted by Gasteiger charge is -2.19. The summed E-state index contributed by atoms with van der Waals surface area (Å²) in [5, 5.41) is 2.88. The highest BCUT2D eigenvalue weighted by molar-refractivity contribution is 5.97. The van der Waals surface area contributed by atoms with Crippen molar-refractivity contribution in [1.82, 2.24) is 15.3 Å². The maximum atomic E-state index is 12.4. The van der Waals surface area contributed by atoms with Gasteiger partial charge in [0.05, 0.1) is 37.9 Å².